The summed E-state index contributed by atoms with van der Waals surface area (Å²) in [4.78, 5) is 12.9. The maximum absolute atomic E-state index is 14.0. The molecule has 6 nitrogen and oxygen atoms in total. The molecule has 116 valence electrons. The fourth-order valence-electron chi connectivity index (χ4n) is 1.96. The molecule has 2 aromatic carbocycles. The second kappa shape index (κ2) is 6.69. The van der Waals surface area contributed by atoms with E-state index in [4.69, 9.17) is 4.74 Å². The monoisotopic (exact) mass is 312 g/mol. The minimum absolute atomic E-state index is 0.143. The van der Waals surface area contributed by atoms with Crippen molar-refractivity contribution in [3.05, 3.63) is 72.3 Å². The third kappa shape index (κ3) is 3.70. The Morgan fingerprint density at radius 1 is 1.13 bits per heavy atom. The number of rotatable bonds is 4. The zero-order valence-electron chi connectivity index (χ0n) is 12.0. The highest BCUT2D eigenvalue weighted by Crippen LogP contribution is 2.17. The van der Waals surface area contributed by atoms with Crippen molar-refractivity contribution >= 4 is 11.8 Å². The van der Waals surface area contributed by atoms with Crippen LogP contribution in [0.1, 0.15) is 5.56 Å². The Morgan fingerprint density at radius 3 is 2.57 bits per heavy atom. The zero-order valence-corrected chi connectivity index (χ0v) is 12.0. The fraction of sp³-hybridized carbons (Fsp3) is 0.0625. The largest absolute Gasteiger partial charge is 0.444 e. The summed E-state index contributed by atoms with van der Waals surface area (Å²) in [6.45, 7) is 0.143. The lowest BCUT2D eigenvalue weighted by molar-refractivity contribution is 0.155. The molecule has 0 spiro atoms. The van der Waals surface area contributed by atoms with Crippen LogP contribution >= 0.6 is 0 Å². The second-order valence-corrected chi connectivity index (χ2v) is 4.67. The van der Waals surface area contributed by atoms with Crippen LogP contribution < -0.4 is 5.32 Å². The van der Waals surface area contributed by atoms with Gasteiger partial charge in [0.15, 0.2) is 5.82 Å². The quantitative estimate of drug-likeness (QED) is 0.803. The Morgan fingerprint density at radius 2 is 1.87 bits per heavy atom. The summed E-state index contributed by atoms with van der Waals surface area (Å²) >= 11 is 0. The van der Waals surface area contributed by atoms with Gasteiger partial charge in [0.1, 0.15) is 12.3 Å². The SMILES string of the molecule is O=C(Nc1ccc(-n2nccn2)c(F)c1)OCc1ccccc1. The average Bonchev–Trinajstić information content (AvgIpc) is 3.08. The first kappa shape index (κ1) is 14.7. The number of carbonyl (C=O) groups excluding carboxylic acids is 1. The van der Waals surface area contributed by atoms with Gasteiger partial charge in [-0.2, -0.15) is 10.2 Å². The van der Waals surface area contributed by atoms with Gasteiger partial charge >= 0.3 is 6.09 Å². The van der Waals surface area contributed by atoms with E-state index in [0.717, 1.165) is 10.4 Å². The standard InChI is InChI=1S/C16H13FN4O2/c17-14-10-13(6-7-15(14)21-18-8-9-19-21)20-16(22)23-11-12-4-2-1-3-5-12/h1-10H,11H2,(H,20,22). The van der Waals surface area contributed by atoms with Crippen molar-refractivity contribution in [2.45, 2.75) is 6.61 Å². The molecule has 0 saturated heterocycles. The van der Waals surface area contributed by atoms with Crippen LogP contribution in [-0.2, 0) is 11.3 Å². The van der Waals surface area contributed by atoms with Gasteiger partial charge in [-0.1, -0.05) is 30.3 Å². The molecule has 3 rings (SSSR count). The Kier molecular flexibility index (Phi) is 4.28. The normalized spacial score (nSPS) is 10.3. The molecule has 7 heteroatoms. The van der Waals surface area contributed by atoms with Crippen molar-refractivity contribution in [1.29, 1.82) is 0 Å². The summed E-state index contributed by atoms with van der Waals surface area (Å²) in [6.07, 6.45) is 2.25. The highest BCUT2D eigenvalue weighted by molar-refractivity contribution is 5.84. The van der Waals surface area contributed by atoms with Crippen molar-refractivity contribution in [3.63, 3.8) is 0 Å². The van der Waals surface area contributed by atoms with Gasteiger partial charge in [-0.25, -0.2) is 9.18 Å². The van der Waals surface area contributed by atoms with E-state index in [9.17, 15) is 9.18 Å². The number of hydrogen-bond acceptors (Lipinski definition) is 4. The Balaban J connectivity index is 1.62. The molecule has 1 N–H and O–H groups in total. The molecule has 0 aliphatic carbocycles. The van der Waals surface area contributed by atoms with Gasteiger partial charge in [0.05, 0.1) is 12.4 Å². The minimum atomic E-state index is -0.654. The van der Waals surface area contributed by atoms with Crippen LogP contribution in [0.3, 0.4) is 0 Å². The number of aromatic nitrogens is 3. The zero-order chi connectivity index (χ0) is 16.1. The van der Waals surface area contributed by atoms with Gasteiger partial charge in [0.25, 0.3) is 0 Å². The van der Waals surface area contributed by atoms with Crippen LogP contribution in [0.2, 0.25) is 0 Å². The Labute approximate surface area is 131 Å². The van der Waals surface area contributed by atoms with Gasteiger partial charge in [0, 0.05) is 5.69 Å². The fourth-order valence-corrected chi connectivity index (χ4v) is 1.96. The molecule has 1 amide bonds. The molecule has 1 heterocycles. The van der Waals surface area contributed by atoms with Crippen LogP contribution in [0.25, 0.3) is 5.69 Å². The number of nitrogens with zero attached hydrogens (tertiary/aromatic N) is 3. The first-order valence-electron chi connectivity index (χ1n) is 6.86. The van der Waals surface area contributed by atoms with Crippen LogP contribution in [0.4, 0.5) is 14.9 Å². The molecule has 0 bridgehead atoms. The minimum Gasteiger partial charge on any atom is -0.444 e. The summed E-state index contributed by atoms with van der Waals surface area (Å²) < 4.78 is 19.1. The van der Waals surface area contributed by atoms with E-state index in [1.165, 1.54) is 24.5 Å². The maximum Gasteiger partial charge on any atom is 0.411 e. The van der Waals surface area contributed by atoms with E-state index in [1.807, 2.05) is 30.3 Å². The number of halogens is 1. The summed E-state index contributed by atoms with van der Waals surface area (Å²) in [5, 5.41) is 10.2. The highest BCUT2D eigenvalue weighted by atomic mass is 19.1. The van der Waals surface area contributed by atoms with E-state index in [2.05, 4.69) is 15.5 Å². The van der Waals surface area contributed by atoms with E-state index >= 15 is 0 Å². The van der Waals surface area contributed by atoms with E-state index in [1.54, 1.807) is 6.07 Å². The number of amides is 1. The lowest BCUT2D eigenvalue weighted by atomic mass is 10.2. The topological polar surface area (TPSA) is 69.0 Å². The number of hydrogen-bond donors (Lipinski definition) is 1. The average molecular weight is 312 g/mol. The predicted octanol–water partition coefficient (Wildman–Crippen LogP) is 3.16. The Hall–Kier alpha value is -3.22. The van der Waals surface area contributed by atoms with Crippen molar-refractivity contribution in [1.82, 2.24) is 15.0 Å². The van der Waals surface area contributed by atoms with Gasteiger partial charge < -0.3 is 4.74 Å². The molecular formula is C16H13FN4O2. The van der Waals surface area contributed by atoms with Crippen molar-refractivity contribution < 1.29 is 13.9 Å². The van der Waals surface area contributed by atoms with E-state index < -0.39 is 11.9 Å². The smallest absolute Gasteiger partial charge is 0.411 e. The van der Waals surface area contributed by atoms with Crippen LogP contribution in [0.15, 0.2) is 60.9 Å². The number of benzene rings is 2. The first-order chi connectivity index (χ1) is 11.2. The van der Waals surface area contributed by atoms with Crippen molar-refractivity contribution in [3.8, 4) is 5.69 Å². The van der Waals surface area contributed by atoms with Crippen molar-refractivity contribution in [2.24, 2.45) is 0 Å². The van der Waals surface area contributed by atoms with Gasteiger partial charge in [-0.05, 0) is 23.8 Å². The molecule has 1 aromatic heterocycles. The summed E-state index contributed by atoms with van der Waals surface area (Å²) in [5.41, 5.74) is 1.35. The van der Waals surface area contributed by atoms with E-state index in [0.29, 0.717) is 0 Å². The number of nitrogens with one attached hydrogen (secondary N) is 1. The highest BCUT2D eigenvalue weighted by Gasteiger charge is 2.09. The third-order valence-corrected chi connectivity index (χ3v) is 3.04. The first-order valence-corrected chi connectivity index (χ1v) is 6.86. The predicted molar refractivity (Wildman–Crippen MR) is 81.6 cm³/mol. The van der Waals surface area contributed by atoms with Crippen LogP contribution in [0, 0.1) is 5.82 Å². The lowest BCUT2D eigenvalue weighted by Crippen LogP contribution is -2.14. The molecular weight excluding hydrogens is 299 g/mol. The summed E-state index contributed by atoms with van der Waals surface area (Å²) in [7, 11) is 0. The Bertz CT molecular complexity index is 791. The number of carbonyl (C=O) groups is 1. The molecule has 0 unspecified atom stereocenters. The van der Waals surface area contributed by atoms with Gasteiger partial charge in [-0.3, -0.25) is 5.32 Å². The molecule has 3 aromatic rings. The van der Waals surface area contributed by atoms with Crippen LogP contribution in [0.5, 0.6) is 0 Å². The molecule has 0 radical (unpaired) electrons. The number of anilines is 1. The molecule has 0 aliphatic rings. The van der Waals surface area contributed by atoms with Crippen LogP contribution in [-0.4, -0.2) is 21.1 Å². The maximum atomic E-state index is 14.0. The molecule has 0 fully saturated rings. The third-order valence-electron chi connectivity index (χ3n) is 3.04. The molecule has 0 atom stereocenters. The van der Waals surface area contributed by atoms with Gasteiger partial charge in [-0.15, -0.1) is 4.80 Å². The summed E-state index contributed by atoms with van der Waals surface area (Å²) in [6, 6.07) is 13.5. The molecule has 0 saturated carbocycles. The molecule has 0 aliphatic heterocycles. The van der Waals surface area contributed by atoms with Gasteiger partial charge in [0.2, 0.25) is 0 Å². The van der Waals surface area contributed by atoms with Crippen molar-refractivity contribution in [2.75, 3.05) is 5.32 Å². The summed E-state index contributed by atoms with van der Waals surface area (Å²) in [5.74, 6) is -0.554. The second-order valence-electron chi connectivity index (χ2n) is 4.67. The number of ether oxygens (including phenoxy) is 1. The lowest BCUT2D eigenvalue weighted by Gasteiger charge is -2.08. The molecule has 23 heavy (non-hydrogen) atoms. The van der Waals surface area contributed by atoms with E-state index in [-0.39, 0.29) is 18.0 Å².